The van der Waals surface area contributed by atoms with Crippen molar-refractivity contribution in [3.05, 3.63) is 83.9 Å². The lowest BCUT2D eigenvalue weighted by Crippen LogP contribution is -2.30. The number of rotatable bonds is 7. The maximum atomic E-state index is 12.6. The van der Waals surface area contributed by atoms with Crippen LogP contribution in [0.25, 0.3) is 0 Å². The van der Waals surface area contributed by atoms with E-state index >= 15 is 0 Å². The topological polar surface area (TPSA) is 122 Å². The molecule has 0 amide bonds. The van der Waals surface area contributed by atoms with Crippen LogP contribution in [0.15, 0.2) is 87.0 Å². The van der Waals surface area contributed by atoms with Gasteiger partial charge in [-0.25, -0.2) is 13.2 Å². The Kier molecular flexibility index (Phi) is 6.75. The van der Waals surface area contributed by atoms with Gasteiger partial charge in [-0.1, -0.05) is 26.0 Å². The summed E-state index contributed by atoms with van der Waals surface area (Å²) in [5.41, 5.74) is 1.24. The number of hydrogen-bond donors (Lipinski definition) is 1. The number of ether oxygens (including phenoxy) is 1. The molecule has 35 heavy (non-hydrogen) atoms. The Morgan fingerprint density at radius 1 is 0.943 bits per heavy atom. The zero-order valence-corrected chi connectivity index (χ0v) is 20.6. The number of sulfonamides is 2. The molecule has 0 spiro atoms. The minimum absolute atomic E-state index is 0.103. The zero-order valence-electron chi connectivity index (χ0n) is 19.0. The van der Waals surface area contributed by atoms with Gasteiger partial charge in [-0.15, -0.1) is 4.40 Å². The van der Waals surface area contributed by atoms with E-state index in [-0.39, 0.29) is 26.9 Å². The van der Waals surface area contributed by atoms with Gasteiger partial charge in [-0.2, -0.15) is 12.7 Å². The van der Waals surface area contributed by atoms with Crippen molar-refractivity contribution in [2.75, 3.05) is 18.4 Å². The fourth-order valence-electron chi connectivity index (χ4n) is 3.58. The first-order valence-corrected chi connectivity index (χ1v) is 13.7. The fourth-order valence-corrected chi connectivity index (χ4v) is 6.21. The number of benzene rings is 3. The number of nitrogens with one attached hydrogen (secondary N) is 1. The Morgan fingerprint density at radius 2 is 1.57 bits per heavy atom. The molecule has 4 rings (SSSR count). The molecule has 182 valence electrons. The van der Waals surface area contributed by atoms with Crippen molar-refractivity contribution < 1.29 is 26.4 Å². The van der Waals surface area contributed by atoms with Crippen LogP contribution in [0.2, 0.25) is 0 Å². The van der Waals surface area contributed by atoms with Gasteiger partial charge < -0.3 is 10.1 Å². The molecule has 1 N–H and O–H groups in total. The molecule has 3 aromatic rings. The van der Waals surface area contributed by atoms with Crippen LogP contribution in [0.3, 0.4) is 0 Å². The molecule has 0 atom stereocenters. The van der Waals surface area contributed by atoms with Gasteiger partial charge in [0.15, 0.2) is 5.84 Å². The molecule has 1 aliphatic heterocycles. The van der Waals surface area contributed by atoms with Gasteiger partial charge in [0.05, 0.1) is 10.5 Å². The van der Waals surface area contributed by atoms with Crippen LogP contribution in [0.4, 0.5) is 5.69 Å². The first-order chi connectivity index (χ1) is 16.7. The van der Waals surface area contributed by atoms with Crippen LogP contribution in [-0.2, 0) is 20.0 Å². The second-order valence-electron chi connectivity index (χ2n) is 7.56. The summed E-state index contributed by atoms with van der Waals surface area (Å²) >= 11 is 0. The predicted octanol–water partition coefficient (Wildman–Crippen LogP) is 3.50. The van der Waals surface area contributed by atoms with Crippen LogP contribution < -0.4 is 10.1 Å². The number of amidine groups is 1. The average Bonchev–Trinajstić information content (AvgIpc) is 3.11. The van der Waals surface area contributed by atoms with E-state index in [4.69, 9.17) is 4.74 Å². The summed E-state index contributed by atoms with van der Waals surface area (Å²) in [6, 6.07) is 18.5. The van der Waals surface area contributed by atoms with Gasteiger partial charge >= 0.3 is 5.97 Å². The third-order valence-electron chi connectivity index (χ3n) is 5.39. The quantitative estimate of drug-likeness (QED) is 0.379. The van der Waals surface area contributed by atoms with Gasteiger partial charge in [0.1, 0.15) is 10.6 Å². The highest BCUT2D eigenvalue weighted by Gasteiger charge is 2.28. The highest BCUT2D eigenvalue weighted by molar-refractivity contribution is 7.90. The van der Waals surface area contributed by atoms with E-state index in [0.29, 0.717) is 24.3 Å². The minimum Gasteiger partial charge on any atom is -0.423 e. The van der Waals surface area contributed by atoms with Crippen LogP contribution >= 0.6 is 0 Å². The second kappa shape index (κ2) is 9.61. The fraction of sp³-hybridized carbons (Fsp3) is 0.167. The Hall–Kier alpha value is -3.54. The highest BCUT2D eigenvalue weighted by Crippen LogP contribution is 2.27. The minimum atomic E-state index is -3.73. The lowest BCUT2D eigenvalue weighted by molar-refractivity contribution is 0.0734. The summed E-state index contributed by atoms with van der Waals surface area (Å²) in [4.78, 5) is 12.8. The van der Waals surface area contributed by atoms with E-state index in [2.05, 4.69) is 9.71 Å². The standard InChI is InChI=1S/C24H23N3O6S2/c1-3-27(4-2)35(31,32)20-15-9-17(10-16-20)24(28)33-19-13-11-18(12-14-19)25-23-21-7-5-6-8-22(21)34(29,30)26-23/h5-16H,3-4H2,1-2H3,(H,25,26). The SMILES string of the molecule is CCN(CC)S(=O)(=O)c1ccc(C(=O)Oc2ccc(NC3=NS(=O)(=O)c4ccccc43)cc2)cc1. The van der Waals surface area contributed by atoms with E-state index in [1.165, 1.54) is 34.6 Å². The number of esters is 1. The van der Waals surface area contributed by atoms with Gasteiger partial charge in [0.25, 0.3) is 10.0 Å². The smallest absolute Gasteiger partial charge is 0.343 e. The van der Waals surface area contributed by atoms with Gasteiger partial charge in [0, 0.05) is 24.3 Å². The molecular weight excluding hydrogens is 490 g/mol. The van der Waals surface area contributed by atoms with Crippen LogP contribution in [0.5, 0.6) is 5.75 Å². The lowest BCUT2D eigenvalue weighted by atomic mass is 10.2. The molecule has 0 unspecified atom stereocenters. The monoisotopic (exact) mass is 513 g/mol. The molecule has 0 bridgehead atoms. The van der Waals surface area contributed by atoms with E-state index in [1.54, 1.807) is 56.3 Å². The van der Waals surface area contributed by atoms with E-state index < -0.39 is 26.0 Å². The summed E-state index contributed by atoms with van der Waals surface area (Å²) in [6.45, 7) is 4.22. The van der Waals surface area contributed by atoms with Gasteiger partial charge in [-0.05, 0) is 60.7 Å². The summed E-state index contributed by atoms with van der Waals surface area (Å²) in [5, 5.41) is 2.97. The highest BCUT2D eigenvalue weighted by atomic mass is 32.2. The molecule has 0 aliphatic carbocycles. The molecule has 0 aromatic heterocycles. The Labute approximate surface area is 204 Å². The second-order valence-corrected chi connectivity index (χ2v) is 11.1. The van der Waals surface area contributed by atoms with Crippen molar-refractivity contribution in [2.45, 2.75) is 23.6 Å². The van der Waals surface area contributed by atoms with E-state index in [9.17, 15) is 21.6 Å². The molecule has 1 aliphatic rings. The molecule has 11 heteroatoms. The molecule has 1 heterocycles. The van der Waals surface area contributed by atoms with Crippen LogP contribution in [0.1, 0.15) is 29.8 Å². The lowest BCUT2D eigenvalue weighted by Gasteiger charge is -2.18. The van der Waals surface area contributed by atoms with Gasteiger partial charge in [0.2, 0.25) is 10.0 Å². The normalized spacial score (nSPS) is 14.3. The first-order valence-electron chi connectivity index (χ1n) is 10.8. The third kappa shape index (κ3) is 4.97. The number of fused-ring (bicyclic) bond motifs is 1. The zero-order chi connectivity index (χ0) is 25.2. The summed E-state index contributed by atoms with van der Waals surface area (Å²) in [6.07, 6.45) is 0. The number of hydrogen-bond acceptors (Lipinski definition) is 7. The molecule has 0 saturated carbocycles. The van der Waals surface area contributed by atoms with Crippen molar-refractivity contribution in [3.63, 3.8) is 0 Å². The van der Waals surface area contributed by atoms with Crippen molar-refractivity contribution in [1.82, 2.24) is 4.31 Å². The van der Waals surface area contributed by atoms with Crippen molar-refractivity contribution in [1.29, 1.82) is 0 Å². The third-order valence-corrected chi connectivity index (χ3v) is 8.79. The Balaban J connectivity index is 1.44. The average molecular weight is 514 g/mol. The van der Waals surface area contributed by atoms with Crippen molar-refractivity contribution in [2.24, 2.45) is 4.40 Å². The Bertz CT molecular complexity index is 1490. The largest absolute Gasteiger partial charge is 0.423 e. The van der Waals surface area contributed by atoms with E-state index in [1.807, 2.05) is 0 Å². The van der Waals surface area contributed by atoms with Gasteiger partial charge in [-0.3, -0.25) is 0 Å². The van der Waals surface area contributed by atoms with Crippen molar-refractivity contribution in [3.8, 4) is 5.75 Å². The number of anilines is 1. The number of carbonyl (C=O) groups is 1. The summed E-state index contributed by atoms with van der Waals surface area (Å²) in [5.74, 6) is -0.162. The number of carbonyl (C=O) groups excluding carboxylic acids is 1. The maximum absolute atomic E-state index is 12.6. The molecule has 3 aromatic carbocycles. The van der Waals surface area contributed by atoms with E-state index in [0.717, 1.165) is 0 Å². The molecular formula is C24H23N3O6S2. The maximum Gasteiger partial charge on any atom is 0.343 e. The predicted molar refractivity (Wildman–Crippen MR) is 132 cm³/mol. The first kappa shape index (κ1) is 24.6. The number of nitrogens with zero attached hydrogens (tertiary/aromatic N) is 2. The van der Waals surface area contributed by atoms with Crippen LogP contribution in [0, 0.1) is 0 Å². The van der Waals surface area contributed by atoms with Crippen LogP contribution in [-0.4, -0.2) is 46.0 Å². The Morgan fingerprint density at radius 3 is 2.20 bits per heavy atom. The molecule has 0 saturated heterocycles. The summed E-state index contributed by atoms with van der Waals surface area (Å²) in [7, 11) is -7.35. The molecule has 0 radical (unpaired) electrons. The van der Waals surface area contributed by atoms with Crippen molar-refractivity contribution >= 4 is 37.5 Å². The summed E-state index contributed by atoms with van der Waals surface area (Å²) < 4.78 is 60.0. The molecule has 0 fully saturated rings. The molecule has 9 nitrogen and oxygen atoms in total.